The van der Waals surface area contributed by atoms with Crippen molar-refractivity contribution in [3.8, 4) is 11.3 Å². The van der Waals surface area contributed by atoms with Crippen molar-refractivity contribution < 1.29 is 9.53 Å². The predicted octanol–water partition coefficient (Wildman–Crippen LogP) is 4.68. The summed E-state index contributed by atoms with van der Waals surface area (Å²) >= 11 is 0. The molecular weight excluding hydrogens is 478 g/mol. The topological polar surface area (TPSA) is 100 Å². The third-order valence-electron chi connectivity index (χ3n) is 6.45. The maximum absolute atomic E-state index is 12.3. The number of ether oxygens (including phenoxy) is 1. The Bertz CT molecular complexity index is 1430. The number of amides is 1. The molecule has 1 fully saturated rings. The normalized spacial score (nSPS) is 14.7. The van der Waals surface area contributed by atoms with E-state index >= 15 is 0 Å². The molecule has 0 radical (unpaired) electrons. The van der Waals surface area contributed by atoms with E-state index in [0.717, 1.165) is 65.0 Å². The van der Waals surface area contributed by atoms with Crippen LogP contribution in [-0.4, -0.2) is 72.6 Å². The number of aromatic amines is 1. The van der Waals surface area contributed by atoms with Crippen LogP contribution in [0.5, 0.6) is 0 Å². The van der Waals surface area contributed by atoms with E-state index in [9.17, 15) is 4.79 Å². The summed E-state index contributed by atoms with van der Waals surface area (Å²) in [5, 5.41) is 0. The third kappa shape index (κ3) is 6.34. The van der Waals surface area contributed by atoms with E-state index < -0.39 is 5.60 Å². The maximum Gasteiger partial charge on any atom is 0.410 e. The third-order valence-corrected chi connectivity index (χ3v) is 6.45. The molecule has 1 amide bonds. The second-order valence-electron chi connectivity index (χ2n) is 10.9. The van der Waals surface area contributed by atoms with Crippen LogP contribution >= 0.6 is 0 Å². The number of nitrogens with zero attached hydrogens (tertiary/aromatic N) is 6. The molecule has 0 atom stereocenters. The molecule has 1 N–H and O–H groups in total. The van der Waals surface area contributed by atoms with Gasteiger partial charge in [0.05, 0.1) is 16.7 Å². The first kappa shape index (κ1) is 25.8. The molecule has 9 heteroatoms. The minimum absolute atomic E-state index is 0.233. The van der Waals surface area contributed by atoms with Crippen molar-refractivity contribution in [2.45, 2.75) is 53.2 Å². The smallest absolute Gasteiger partial charge is 0.410 e. The quantitative estimate of drug-likeness (QED) is 0.414. The zero-order chi connectivity index (χ0) is 26.9. The highest BCUT2D eigenvalue weighted by Gasteiger charge is 2.25. The SMILES string of the molecule is Cc1cc(-c2ccc3nc(Cc4cc(CN5CCN(C(=O)OC(C)(C)C)CC5)ccn4)[nH]c3c2)nc(C)n1. The van der Waals surface area contributed by atoms with Crippen LogP contribution in [0.1, 0.15) is 49.4 Å². The number of carbonyl (C=O) groups is 1. The molecule has 3 aromatic heterocycles. The Balaban J connectivity index is 1.22. The van der Waals surface area contributed by atoms with Crippen LogP contribution in [0.4, 0.5) is 4.79 Å². The van der Waals surface area contributed by atoms with E-state index in [-0.39, 0.29) is 6.09 Å². The Morgan fingerprint density at radius 3 is 2.53 bits per heavy atom. The summed E-state index contributed by atoms with van der Waals surface area (Å²) in [5.41, 5.74) is 6.50. The second-order valence-corrected chi connectivity index (χ2v) is 10.9. The zero-order valence-electron chi connectivity index (χ0n) is 22.8. The van der Waals surface area contributed by atoms with Gasteiger partial charge in [-0.25, -0.2) is 19.7 Å². The summed E-state index contributed by atoms with van der Waals surface area (Å²) < 4.78 is 5.51. The highest BCUT2D eigenvalue weighted by molar-refractivity contribution is 5.81. The largest absolute Gasteiger partial charge is 0.444 e. The van der Waals surface area contributed by atoms with E-state index in [1.165, 1.54) is 5.56 Å². The lowest BCUT2D eigenvalue weighted by molar-refractivity contribution is 0.0139. The number of aromatic nitrogens is 5. The molecule has 4 aromatic rings. The van der Waals surface area contributed by atoms with Crippen LogP contribution in [-0.2, 0) is 17.7 Å². The number of nitrogens with one attached hydrogen (secondary N) is 1. The van der Waals surface area contributed by atoms with Gasteiger partial charge in [-0.05, 0) is 70.5 Å². The summed E-state index contributed by atoms with van der Waals surface area (Å²) in [4.78, 5) is 38.3. The number of H-pyrrole nitrogens is 1. The van der Waals surface area contributed by atoms with E-state index in [1.807, 2.05) is 52.9 Å². The van der Waals surface area contributed by atoms with Crippen molar-refractivity contribution in [1.82, 2.24) is 34.7 Å². The molecule has 4 heterocycles. The Labute approximate surface area is 223 Å². The first-order valence-electron chi connectivity index (χ1n) is 13.1. The molecule has 1 saturated heterocycles. The number of aryl methyl sites for hydroxylation is 2. The average Bonchev–Trinajstić information content (AvgIpc) is 3.24. The minimum Gasteiger partial charge on any atom is -0.444 e. The highest BCUT2D eigenvalue weighted by atomic mass is 16.6. The minimum atomic E-state index is -0.473. The average molecular weight is 514 g/mol. The van der Waals surface area contributed by atoms with Crippen molar-refractivity contribution in [2.75, 3.05) is 26.2 Å². The number of piperazine rings is 1. The Kier molecular flexibility index (Phi) is 7.12. The zero-order valence-corrected chi connectivity index (χ0v) is 22.8. The molecule has 1 aliphatic rings. The van der Waals surface area contributed by atoms with Crippen molar-refractivity contribution in [1.29, 1.82) is 0 Å². The maximum atomic E-state index is 12.3. The molecule has 38 heavy (non-hydrogen) atoms. The van der Waals surface area contributed by atoms with Gasteiger partial charge in [0.25, 0.3) is 0 Å². The fourth-order valence-electron chi connectivity index (χ4n) is 4.74. The lowest BCUT2D eigenvalue weighted by Crippen LogP contribution is -2.49. The highest BCUT2D eigenvalue weighted by Crippen LogP contribution is 2.23. The molecule has 0 spiro atoms. The lowest BCUT2D eigenvalue weighted by Gasteiger charge is -2.35. The molecule has 0 aliphatic carbocycles. The monoisotopic (exact) mass is 513 g/mol. The van der Waals surface area contributed by atoms with Gasteiger partial charge < -0.3 is 14.6 Å². The summed E-state index contributed by atoms with van der Waals surface area (Å²) in [6.45, 7) is 13.4. The second kappa shape index (κ2) is 10.5. The molecule has 1 aliphatic heterocycles. The van der Waals surface area contributed by atoms with E-state index in [1.54, 1.807) is 4.90 Å². The Hall–Kier alpha value is -3.85. The molecule has 198 valence electrons. The van der Waals surface area contributed by atoms with Gasteiger partial charge in [0.1, 0.15) is 17.2 Å². The number of imidazole rings is 1. The van der Waals surface area contributed by atoms with E-state index in [4.69, 9.17) is 9.72 Å². The van der Waals surface area contributed by atoms with Crippen LogP contribution in [0.3, 0.4) is 0 Å². The lowest BCUT2D eigenvalue weighted by atomic mass is 10.1. The summed E-state index contributed by atoms with van der Waals surface area (Å²) in [6.07, 6.45) is 2.25. The molecular formula is C29H35N7O2. The van der Waals surface area contributed by atoms with Crippen LogP contribution in [0.2, 0.25) is 0 Å². The predicted molar refractivity (Wildman–Crippen MR) is 147 cm³/mol. The first-order valence-corrected chi connectivity index (χ1v) is 13.1. The number of pyridine rings is 1. The standard InChI is InChI=1S/C29H35N7O2/c1-19-14-25(32-20(2)31-19)22-6-7-24-26(16-22)34-27(33-24)17-23-15-21(8-9-30-23)18-35-10-12-36(13-11-35)28(37)38-29(3,4)5/h6-9,14-16H,10-13,17-18H2,1-5H3,(H,33,34). The van der Waals surface area contributed by atoms with Crippen LogP contribution in [0, 0.1) is 13.8 Å². The van der Waals surface area contributed by atoms with E-state index in [2.05, 4.69) is 49.1 Å². The van der Waals surface area contributed by atoms with Gasteiger partial charge in [-0.2, -0.15) is 0 Å². The molecule has 0 saturated carbocycles. The molecule has 5 rings (SSSR count). The molecule has 0 unspecified atom stereocenters. The van der Waals surface area contributed by atoms with Crippen molar-refractivity contribution >= 4 is 17.1 Å². The van der Waals surface area contributed by atoms with Crippen molar-refractivity contribution in [2.24, 2.45) is 0 Å². The number of fused-ring (bicyclic) bond motifs is 1. The van der Waals surface area contributed by atoms with Crippen LogP contribution < -0.4 is 0 Å². The van der Waals surface area contributed by atoms with Gasteiger partial charge in [0.2, 0.25) is 0 Å². The van der Waals surface area contributed by atoms with Crippen LogP contribution in [0.15, 0.2) is 42.6 Å². The summed E-state index contributed by atoms with van der Waals surface area (Å²) in [6, 6.07) is 12.4. The van der Waals surface area contributed by atoms with E-state index in [0.29, 0.717) is 19.5 Å². The Morgan fingerprint density at radius 1 is 1.00 bits per heavy atom. The van der Waals surface area contributed by atoms with Gasteiger partial charge in [-0.3, -0.25) is 9.88 Å². The van der Waals surface area contributed by atoms with Gasteiger partial charge in [0.15, 0.2) is 0 Å². The fraction of sp³-hybridized carbons (Fsp3) is 0.414. The fourth-order valence-corrected chi connectivity index (χ4v) is 4.74. The molecule has 1 aromatic carbocycles. The number of hydrogen-bond donors (Lipinski definition) is 1. The van der Waals surface area contributed by atoms with Crippen molar-refractivity contribution in [3.05, 3.63) is 71.2 Å². The van der Waals surface area contributed by atoms with Gasteiger partial charge >= 0.3 is 6.09 Å². The number of rotatable bonds is 5. The van der Waals surface area contributed by atoms with Crippen molar-refractivity contribution in [3.63, 3.8) is 0 Å². The van der Waals surface area contributed by atoms with Gasteiger partial charge in [-0.15, -0.1) is 0 Å². The Morgan fingerprint density at radius 2 is 1.79 bits per heavy atom. The first-order chi connectivity index (χ1) is 18.1. The molecule has 9 nitrogen and oxygen atoms in total. The van der Waals surface area contributed by atoms with Crippen LogP contribution in [0.25, 0.3) is 22.3 Å². The number of hydrogen-bond acceptors (Lipinski definition) is 7. The molecule has 0 bridgehead atoms. The number of benzene rings is 1. The summed E-state index contributed by atoms with van der Waals surface area (Å²) in [7, 11) is 0. The summed E-state index contributed by atoms with van der Waals surface area (Å²) in [5.74, 6) is 1.64. The number of carbonyl (C=O) groups excluding carboxylic acids is 1. The van der Waals surface area contributed by atoms with Gasteiger partial charge in [0, 0.05) is 62.3 Å². The van der Waals surface area contributed by atoms with Gasteiger partial charge in [-0.1, -0.05) is 6.07 Å².